The molecule has 0 unspecified atom stereocenters. The molecular formula is C16H15N3O. The summed E-state index contributed by atoms with van der Waals surface area (Å²) in [5, 5.41) is 11.2. The van der Waals surface area contributed by atoms with Gasteiger partial charge in [-0.2, -0.15) is 5.26 Å². The van der Waals surface area contributed by atoms with Crippen LogP contribution >= 0.6 is 0 Å². The predicted molar refractivity (Wildman–Crippen MR) is 76.9 cm³/mol. The maximum Gasteiger partial charge on any atom is 0.238 e. The van der Waals surface area contributed by atoms with Gasteiger partial charge in [-0.1, -0.05) is 18.2 Å². The van der Waals surface area contributed by atoms with Gasteiger partial charge >= 0.3 is 0 Å². The van der Waals surface area contributed by atoms with E-state index >= 15 is 0 Å². The van der Waals surface area contributed by atoms with E-state index in [0.29, 0.717) is 0 Å². The third-order valence-electron chi connectivity index (χ3n) is 2.85. The number of aryl methyl sites for hydroxylation is 2. The smallest absolute Gasteiger partial charge is 0.238 e. The fraction of sp³-hybridized carbons (Fsp3) is 0.188. The summed E-state index contributed by atoms with van der Waals surface area (Å²) in [6.07, 6.45) is 3.38. The first kappa shape index (κ1) is 13.8. The van der Waals surface area contributed by atoms with Gasteiger partial charge in [0.25, 0.3) is 0 Å². The van der Waals surface area contributed by atoms with Crippen LogP contribution in [-0.2, 0) is 17.6 Å². The summed E-state index contributed by atoms with van der Waals surface area (Å²) in [6.45, 7) is 0. The van der Waals surface area contributed by atoms with E-state index in [2.05, 4.69) is 10.3 Å². The van der Waals surface area contributed by atoms with Crippen molar-refractivity contribution in [2.24, 2.45) is 0 Å². The molecule has 0 saturated carbocycles. The second kappa shape index (κ2) is 7.05. The monoisotopic (exact) mass is 265 g/mol. The van der Waals surface area contributed by atoms with E-state index in [0.717, 1.165) is 29.8 Å². The quantitative estimate of drug-likeness (QED) is 0.904. The summed E-state index contributed by atoms with van der Waals surface area (Å²) in [6, 6.07) is 15.4. The Kier molecular flexibility index (Phi) is 4.85. The molecule has 2 aromatic rings. The first-order valence-corrected chi connectivity index (χ1v) is 6.43. The van der Waals surface area contributed by atoms with E-state index in [-0.39, 0.29) is 12.3 Å². The summed E-state index contributed by atoms with van der Waals surface area (Å²) in [7, 11) is 0. The Morgan fingerprint density at radius 1 is 1.20 bits per heavy atom. The molecule has 0 aliphatic rings. The molecule has 4 nitrogen and oxygen atoms in total. The molecule has 0 spiro atoms. The van der Waals surface area contributed by atoms with Gasteiger partial charge in [0.1, 0.15) is 6.42 Å². The summed E-state index contributed by atoms with van der Waals surface area (Å²) >= 11 is 0. The average molecular weight is 265 g/mol. The SMILES string of the molecule is N#CCC(=O)Nc1cccc(CCc2ccccn2)c1. The number of carbonyl (C=O) groups is 1. The molecule has 2 rings (SSSR count). The Balaban J connectivity index is 1.96. The van der Waals surface area contributed by atoms with Crippen LogP contribution in [0.15, 0.2) is 48.7 Å². The third kappa shape index (κ3) is 4.21. The highest BCUT2D eigenvalue weighted by molar-refractivity contribution is 5.92. The topological polar surface area (TPSA) is 65.8 Å². The van der Waals surface area contributed by atoms with Crippen LogP contribution in [0, 0.1) is 11.3 Å². The number of hydrogen-bond acceptors (Lipinski definition) is 3. The molecule has 1 N–H and O–H groups in total. The van der Waals surface area contributed by atoms with Gasteiger partial charge in [0.2, 0.25) is 5.91 Å². The second-order valence-corrected chi connectivity index (χ2v) is 4.40. The number of benzene rings is 1. The van der Waals surface area contributed by atoms with Gasteiger partial charge in [0.05, 0.1) is 6.07 Å². The van der Waals surface area contributed by atoms with Crippen LogP contribution in [0.25, 0.3) is 0 Å². The highest BCUT2D eigenvalue weighted by atomic mass is 16.1. The number of anilines is 1. The highest BCUT2D eigenvalue weighted by Gasteiger charge is 2.02. The van der Waals surface area contributed by atoms with Crippen LogP contribution in [0.4, 0.5) is 5.69 Å². The Hall–Kier alpha value is -2.67. The zero-order valence-corrected chi connectivity index (χ0v) is 11.0. The minimum absolute atomic E-state index is 0.127. The van der Waals surface area contributed by atoms with E-state index in [1.165, 1.54) is 0 Å². The Bertz CT molecular complexity index is 617. The number of nitrogens with zero attached hydrogens (tertiary/aromatic N) is 2. The van der Waals surface area contributed by atoms with Crippen molar-refractivity contribution in [1.82, 2.24) is 4.98 Å². The van der Waals surface area contributed by atoms with Crippen LogP contribution in [0.1, 0.15) is 17.7 Å². The van der Waals surface area contributed by atoms with Gasteiger partial charge in [-0.3, -0.25) is 9.78 Å². The molecule has 1 aromatic heterocycles. The van der Waals surface area contributed by atoms with Crippen molar-refractivity contribution in [3.8, 4) is 6.07 Å². The lowest BCUT2D eigenvalue weighted by Crippen LogP contribution is -2.10. The van der Waals surface area contributed by atoms with Crippen molar-refractivity contribution in [1.29, 1.82) is 5.26 Å². The Morgan fingerprint density at radius 3 is 2.85 bits per heavy atom. The predicted octanol–water partition coefficient (Wildman–Crippen LogP) is 2.72. The fourth-order valence-corrected chi connectivity index (χ4v) is 1.90. The van der Waals surface area contributed by atoms with Gasteiger partial charge in [-0.25, -0.2) is 0 Å². The Morgan fingerprint density at radius 2 is 2.10 bits per heavy atom. The zero-order valence-electron chi connectivity index (χ0n) is 11.0. The first-order chi connectivity index (χ1) is 9.78. The van der Waals surface area contributed by atoms with E-state index in [9.17, 15) is 4.79 Å². The van der Waals surface area contributed by atoms with E-state index in [4.69, 9.17) is 5.26 Å². The van der Waals surface area contributed by atoms with Crippen molar-refractivity contribution in [3.63, 3.8) is 0 Å². The van der Waals surface area contributed by atoms with E-state index < -0.39 is 0 Å². The van der Waals surface area contributed by atoms with Gasteiger partial charge < -0.3 is 5.32 Å². The Labute approximate surface area is 118 Å². The minimum atomic E-state index is -0.283. The van der Waals surface area contributed by atoms with Crippen molar-refractivity contribution in [3.05, 3.63) is 59.9 Å². The van der Waals surface area contributed by atoms with Crippen molar-refractivity contribution in [2.75, 3.05) is 5.32 Å². The minimum Gasteiger partial charge on any atom is -0.325 e. The number of amides is 1. The number of aromatic nitrogens is 1. The van der Waals surface area contributed by atoms with Crippen LogP contribution < -0.4 is 5.32 Å². The van der Waals surface area contributed by atoms with Crippen LogP contribution in [0.3, 0.4) is 0 Å². The molecule has 0 aliphatic heterocycles. The molecule has 1 heterocycles. The lowest BCUT2D eigenvalue weighted by molar-refractivity contribution is -0.115. The van der Waals surface area contributed by atoms with Crippen molar-refractivity contribution >= 4 is 11.6 Å². The maximum absolute atomic E-state index is 11.4. The molecule has 0 saturated heterocycles. The number of hydrogen-bond donors (Lipinski definition) is 1. The zero-order chi connectivity index (χ0) is 14.2. The van der Waals surface area contributed by atoms with Gasteiger partial charge in [0, 0.05) is 17.6 Å². The molecule has 100 valence electrons. The van der Waals surface area contributed by atoms with Gasteiger partial charge in [-0.05, 0) is 42.7 Å². The molecule has 4 heteroatoms. The lowest BCUT2D eigenvalue weighted by atomic mass is 10.1. The number of nitriles is 1. The van der Waals surface area contributed by atoms with Crippen LogP contribution in [0.5, 0.6) is 0 Å². The fourth-order valence-electron chi connectivity index (χ4n) is 1.90. The molecule has 20 heavy (non-hydrogen) atoms. The largest absolute Gasteiger partial charge is 0.325 e. The number of nitrogens with one attached hydrogen (secondary N) is 1. The molecule has 1 amide bonds. The summed E-state index contributed by atoms with van der Waals surface area (Å²) in [5.41, 5.74) is 2.90. The molecule has 1 aromatic carbocycles. The normalized spacial score (nSPS) is 9.75. The molecular weight excluding hydrogens is 250 g/mol. The van der Waals surface area contributed by atoms with Crippen LogP contribution in [0.2, 0.25) is 0 Å². The summed E-state index contributed by atoms with van der Waals surface area (Å²) < 4.78 is 0. The third-order valence-corrected chi connectivity index (χ3v) is 2.85. The van der Waals surface area contributed by atoms with E-state index in [1.807, 2.05) is 48.5 Å². The first-order valence-electron chi connectivity index (χ1n) is 6.43. The van der Waals surface area contributed by atoms with Crippen molar-refractivity contribution < 1.29 is 4.79 Å². The molecule has 0 bridgehead atoms. The van der Waals surface area contributed by atoms with E-state index in [1.54, 1.807) is 6.20 Å². The average Bonchev–Trinajstić information content (AvgIpc) is 2.47. The summed E-state index contributed by atoms with van der Waals surface area (Å²) in [4.78, 5) is 15.6. The molecule has 0 radical (unpaired) electrons. The van der Waals surface area contributed by atoms with Crippen molar-refractivity contribution in [2.45, 2.75) is 19.3 Å². The maximum atomic E-state index is 11.4. The number of rotatable bonds is 5. The standard InChI is InChI=1S/C16H15N3O/c17-10-9-16(20)19-15-6-3-4-13(12-15)7-8-14-5-1-2-11-18-14/h1-6,11-12H,7-9H2,(H,19,20). The lowest BCUT2D eigenvalue weighted by Gasteiger charge is -2.06. The van der Waals surface area contributed by atoms with Crippen LogP contribution in [-0.4, -0.2) is 10.9 Å². The highest BCUT2D eigenvalue weighted by Crippen LogP contribution is 2.13. The number of pyridine rings is 1. The molecule has 0 atom stereocenters. The van der Waals surface area contributed by atoms with Gasteiger partial charge in [-0.15, -0.1) is 0 Å². The molecule has 0 aliphatic carbocycles. The summed E-state index contributed by atoms with van der Waals surface area (Å²) in [5.74, 6) is -0.283. The second-order valence-electron chi connectivity index (χ2n) is 4.40. The van der Waals surface area contributed by atoms with Gasteiger partial charge in [0.15, 0.2) is 0 Å². The number of carbonyl (C=O) groups excluding carboxylic acids is 1. The molecule has 0 fully saturated rings.